The Balaban J connectivity index is 1.82. The molecule has 0 aromatic heterocycles. The average Bonchev–Trinajstić information content (AvgIpc) is 2.81. The maximum atomic E-state index is 12.1. The van der Waals surface area contributed by atoms with E-state index in [2.05, 4.69) is 6.92 Å². The Labute approximate surface area is 123 Å². The Morgan fingerprint density at radius 3 is 2.89 bits per heavy atom. The molecule has 0 spiro atoms. The van der Waals surface area contributed by atoms with E-state index in [4.69, 9.17) is 17.0 Å². The van der Waals surface area contributed by atoms with Gasteiger partial charge in [-0.1, -0.05) is 61.2 Å². The summed E-state index contributed by atoms with van der Waals surface area (Å²) >= 11 is 6.79. The van der Waals surface area contributed by atoms with Crippen LogP contribution in [0.1, 0.15) is 18.9 Å². The molecule has 1 atom stereocenters. The van der Waals surface area contributed by atoms with Crippen LogP contribution in [0.15, 0.2) is 30.3 Å². The number of benzene rings is 1. The lowest BCUT2D eigenvalue weighted by Crippen LogP contribution is -2.40. The van der Waals surface area contributed by atoms with Crippen LogP contribution < -0.4 is 0 Å². The highest BCUT2D eigenvalue weighted by Gasteiger charge is 2.32. The van der Waals surface area contributed by atoms with Gasteiger partial charge in [-0.25, -0.2) is 0 Å². The van der Waals surface area contributed by atoms with Crippen LogP contribution in [0.4, 0.5) is 0 Å². The zero-order valence-corrected chi connectivity index (χ0v) is 12.5. The van der Waals surface area contributed by atoms with Gasteiger partial charge in [0.25, 0.3) is 5.91 Å². The van der Waals surface area contributed by atoms with E-state index in [9.17, 15) is 4.79 Å². The van der Waals surface area contributed by atoms with Gasteiger partial charge in [0.2, 0.25) is 0 Å². The van der Waals surface area contributed by atoms with Gasteiger partial charge in [0.1, 0.15) is 10.9 Å². The zero-order valence-electron chi connectivity index (χ0n) is 10.9. The van der Waals surface area contributed by atoms with Crippen molar-refractivity contribution in [3.8, 4) is 0 Å². The summed E-state index contributed by atoms with van der Waals surface area (Å²) in [6.45, 7) is 2.62. The molecule has 1 aromatic rings. The first kappa shape index (κ1) is 14.5. The molecule has 0 aliphatic carbocycles. The largest absolute Gasteiger partial charge is 0.367 e. The summed E-state index contributed by atoms with van der Waals surface area (Å²) in [5.41, 5.74) is 1.07. The van der Waals surface area contributed by atoms with Crippen molar-refractivity contribution in [3.63, 3.8) is 0 Å². The van der Waals surface area contributed by atoms with E-state index in [1.807, 2.05) is 30.3 Å². The van der Waals surface area contributed by atoms with Gasteiger partial charge in [-0.15, -0.1) is 0 Å². The highest BCUT2D eigenvalue weighted by atomic mass is 32.2. The number of carbonyl (C=O) groups is 1. The quantitative estimate of drug-likeness (QED) is 0.781. The Hall–Kier alpha value is -0.910. The third-order valence-electron chi connectivity index (χ3n) is 3.04. The standard InChI is InChI=1S/C14H17NO2S2/c1-2-12-10-19-14(18)15(12)13(16)9-17-8-11-6-4-3-5-7-11/h3-7,12H,2,8-10H2,1H3/t12-/m1/s1. The number of nitrogens with zero attached hydrogens (tertiary/aromatic N) is 1. The van der Waals surface area contributed by atoms with Crippen molar-refractivity contribution in [1.29, 1.82) is 0 Å². The van der Waals surface area contributed by atoms with Gasteiger partial charge >= 0.3 is 0 Å². The summed E-state index contributed by atoms with van der Waals surface area (Å²) in [4.78, 5) is 13.8. The lowest BCUT2D eigenvalue weighted by atomic mass is 10.2. The van der Waals surface area contributed by atoms with E-state index in [-0.39, 0.29) is 18.6 Å². The summed E-state index contributed by atoms with van der Waals surface area (Å²) in [6.07, 6.45) is 0.928. The maximum absolute atomic E-state index is 12.1. The third kappa shape index (κ3) is 3.78. The van der Waals surface area contributed by atoms with Crippen molar-refractivity contribution in [1.82, 2.24) is 4.90 Å². The van der Waals surface area contributed by atoms with E-state index < -0.39 is 0 Å². The average molecular weight is 295 g/mol. The van der Waals surface area contributed by atoms with Crippen LogP contribution >= 0.6 is 24.0 Å². The summed E-state index contributed by atoms with van der Waals surface area (Å²) in [7, 11) is 0. The smallest absolute Gasteiger partial charge is 0.254 e. The molecule has 0 saturated carbocycles. The number of rotatable bonds is 5. The lowest BCUT2D eigenvalue weighted by Gasteiger charge is -2.22. The predicted molar refractivity (Wildman–Crippen MR) is 82.1 cm³/mol. The number of thioether (sulfide) groups is 1. The Morgan fingerprint density at radius 1 is 1.47 bits per heavy atom. The van der Waals surface area contributed by atoms with Gasteiger partial charge in [0.15, 0.2) is 0 Å². The van der Waals surface area contributed by atoms with Gasteiger partial charge in [-0.05, 0) is 12.0 Å². The maximum Gasteiger partial charge on any atom is 0.254 e. The molecule has 102 valence electrons. The molecule has 1 heterocycles. The molecule has 0 bridgehead atoms. The van der Waals surface area contributed by atoms with E-state index in [1.165, 1.54) is 0 Å². The van der Waals surface area contributed by atoms with Gasteiger partial charge < -0.3 is 4.74 Å². The first-order valence-corrected chi connectivity index (χ1v) is 7.72. The Morgan fingerprint density at radius 2 is 2.21 bits per heavy atom. The molecular weight excluding hydrogens is 278 g/mol. The fourth-order valence-electron chi connectivity index (χ4n) is 1.97. The van der Waals surface area contributed by atoms with Crippen LogP contribution in [0.2, 0.25) is 0 Å². The van der Waals surface area contributed by atoms with Crippen LogP contribution in [0.3, 0.4) is 0 Å². The molecule has 1 aromatic carbocycles. The minimum absolute atomic E-state index is 0.0298. The molecule has 0 unspecified atom stereocenters. The summed E-state index contributed by atoms with van der Waals surface area (Å²) in [5.74, 6) is 0.873. The normalized spacial score (nSPS) is 18.9. The molecule has 19 heavy (non-hydrogen) atoms. The van der Waals surface area contributed by atoms with Crippen molar-refractivity contribution < 1.29 is 9.53 Å². The first-order valence-electron chi connectivity index (χ1n) is 6.33. The highest BCUT2D eigenvalue weighted by molar-refractivity contribution is 8.23. The number of hydrogen-bond acceptors (Lipinski definition) is 4. The van der Waals surface area contributed by atoms with Crippen LogP contribution in [-0.4, -0.2) is 33.5 Å². The molecule has 5 heteroatoms. The first-order chi connectivity index (χ1) is 9.22. The number of hydrogen-bond donors (Lipinski definition) is 0. The minimum atomic E-state index is -0.0298. The molecule has 2 rings (SSSR count). The van der Waals surface area contributed by atoms with Gasteiger partial charge in [0.05, 0.1) is 6.61 Å². The third-order valence-corrected chi connectivity index (χ3v) is 4.58. The van der Waals surface area contributed by atoms with Crippen LogP contribution in [0.5, 0.6) is 0 Å². The highest BCUT2D eigenvalue weighted by Crippen LogP contribution is 2.26. The Bertz CT molecular complexity index is 450. The number of ether oxygens (including phenoxy) is 1. The molecule has 1 aliphatic rings. The number of carbonyl (C=O) groups excluding carboxylic acids is 1. The van der Waals surface area contributed by atoms with Crippen molar-refractivity contribution in [2.75, 3.05) is 12.4 Å². The molecular formula is C14H17NO2S2. The monoisotopic (exact) mass is 295 g/mol. The fourth-order valence-corrected chi connectivity index (χ4v) is 3.53. The second kappa shape index (κ2) is 7.03. The van der Waals surface area contributed by atoms with Crippen LogP contribution in [-0.2, 0) is 16.1 Å². The van der Waals surface area contributed by atoms with E-state index in [0.29, 0.717) is 10.9 Å². The number of amides is 1. The molecule has 0 radical (unpaired) electrons. The number of thiocarbonyl (C=S) groups is 1. The molecule has 0 N–H and O–H groups in total. The summed E-state index contributed by atoms with van der Waals surface area (Å²) < 4.78 is 6.16. The van der Waals surface area contributed by atoms with Gasteiger partial charge in [-0.3, -0.25) is 9.69 Å². The van der Waals surface area contributed by atoms with Crippen LogP contribution in [0, 0.1) is 0 Å². The SMILES string of the molecule is CC[C@@H]1CSC(=S)N1C(=O)COCc1ccccc1. The second-order valence-electron chi connectivity index (χ2n) is 4.38. The van der Waals surface area contributed by atoms with Gasteiger partial charge in [-0.2, -0.15) is 0 Å². The topological polar surface area (TPSA) is 29.5 Å². The Kier molecular flexibility index (Phi) is 5.36. The van der Waals surface area contributed by atoms with E-state index in [1.54, 1.807) is 16.7 Å². The summed E-state index contributed by atoms with van der Waals surface area (Å²) in [6, 6.07) is 10.1. The summed E-state index contributed by atoms with van der Waals surface area (Å²) in [5, 5.41) is 0. The molecule has 1 aliphatic heterocycles. The van der Waals surface area contributed by atoms with Crippen LogP contribution in [0.25, 0.3) is 0 Å². The molecule has 1 saturated heterocycles. The second-order valence-corrected chi connectivity index (χ2v) is 6.03. The van der Waals surface area contributed by atoms with E-state index in [0.717, 1.165) is 17.7 Å². The van der Waals surface area contributed by atoms with Crippen molar-refractivity contribution in [3.05, 3.63) is 35.9 Å². The van der Waals surface area contributed by atoms with Crippen molar-refractivity contribution >= 4 is 34.2 Å². The minimum Gasteiger partial charge on any atom is -0.367 e. The molecule has 1 fully saturated rings. The van der Waals surface area contributed by atoms with Gasteiger partial charge in [0, 0.05) is 11.8 Å². The fraction of sp³-hybridized carbons (Fsp3) is 0.429. The molecule has 1 amide bonds. The van der Waals surface area contributed by atoms with Crippen molar-refractivity contribution in [2.45, 2.75) is 26.0 Å². The predicted octanol–water partition coefficient (Wildman–Crippen LogP) is 2.84. The zero-order chi connectivity index (χ0) is 13.7. The lowest BCUT2D eigenvalue weighted by molar-refractivity contribution is -0.133. The van der Waals surface area contributed by atoms with Crippen molar-refractivity contribution in [2.24, 2.45) is 0 Å². The molecule has 3 nitrogen and oxygen atoms in total. The van der Waals surface area contributed by atoms with E-state index >= 15 is 0 Å².